The fraction of sp³-hybridized carbons (Fsp3) is 0.154. The number of aromatic nitrogens is 3. The second kappa shape index (κ2) is 8.22. The van der Waals surface area contributed by atoms with E-state index in [2.05, 4.69) is 55.6 Å². The summed E-state index contributed by atoms with van der Waals surface area (Å²) < 4.78 is 20.4. The Balaban J connectivity index is 1.61. The number of hydrogen-bond donors (Lipinski definition) is 1. The summed E-state index contributed by atoms with van der Waals surface area (Å²) in [5.41, 5.74) is 5.03. The van der Waals surface area contributed by atoms with Gasteiger partial charge in [-0.3, -0.25) is 0 Å². The Kier molecular flexibility index (Phi) is 5.03. The van der Waals surface area contributed by atoms with Crippen LogP contribution in [0, 0.1) is 0 Å². The Morgan fingerprint density at radius 3 is 2.68 bits per heavy atom. The molecule has 2 atom stereocenters. The number of hydrogen-bond acceptors (Lipinski definition) is 6. The number of nitrogens with one attached hydrogen (secondary N) is 1. The minimum atomic E-state index is -0.365. The summed E-state index contributed by atoms with van der Waals surface area (Å²) in [5, 5.41) is 8.10. The maximum Gasteiger partial charge on any atom is 0.226 e. The molecule has 2 aliphatic heterocycles. The summed E-state index contributed by atoms with van der Waals surface area (Å²) in [6.07, 6.45) is 1.20. The first-order valence-electron chi connectivity index (χ1n) is 10.8. The van der Waals surface area contributed by atoms with E-state index in [9.17, 15) is 0 Å². The van der Waals surface area contributed by atoms with E-state index in [0.29, 0.717) is 5.95 Å². The van der Waals surface area contributed by atoms with Crippen LogP contribution in [0.4, 0.5) is 5.95 Å². The molecular weight excluding hydrogens is 496 g/mol. The van der Waals surface area contributed by atoms with Crippen LogP contribution in [-0.4, -0.2) is 29.0 Å². The summed E-state index contributed by atoms with van der Waals surface area (Å²) in [6.45, 7) is 0. The molecule has 2 aliphatic rings. The van der Waals surface area contributed by atoms with Crippen molar-refractivity contribution in [3.63, 3.8) is 0 Å². The quantitative estimate of drug-likeness (QED) is 0.379. The monoisotopic (exact) mass is 516 g/mol. The van der Waals surface area contributed by atoms with Crippen molar-refractivity contribution in [2.24, 2.45) is 0 Å². The van der Waals surface area contributed by atoms with E-state index in [1.807, 2.05) is 47.1 Å². The summed E-state index contributed by atoms with van der Waals surface area (Å²) in [7, 11) is 3.33. The highest BCUT2D eigenvalue weighted by atomic mass is 79.9. The van der Waals surface area contributed by atoms with Crippen molar-refractivity contribution in [2.75, 3.05) is 19.5 Å². The van der Waals surface area contributed by atoms with Gasteiger partial charge < -0.3 is 19.5 Å². The van der Waals surface area contributed by atoms with E-state index in [0.717, 1.165) is 49.7 Å². The molecule has 0 radical (unpaired) electrons. The molecule has 0 unspecified atom stereocenters. The number of methoxy groups -OCH3 is 2. The van der Waals surface area contributed by atoms with Crippen molar-refractivity contribution < 1.29 is 14.2 Å². The van der Waals surface area contributed by atoms with Gasteiger partial charge in [-0.2, -0.15) is 10.1 Å². The molecule has 4 aromatic rings. The molecule has 8 heteroatoms. The minimum Gasteiger partial charge on any atom is -0.497 e. The molecule has 3 heterocycles. The molecule has 0 fully saturated rings. The Hall–Kier alpha value is -3.78. The van der Waals surface area contributed by atoms with Crippen LogP contribution in [-0.2, 0) is 0 Å². The molecule has 6 rings (SSSR count). The predicted molar refractivity (Wildman–Crippen MR) is 132 cm³/mol. The molecule has 0 bridgehead atoms. The van der Waals surface area contributed by atoms with Gasteiger partial charge >= 0.3 is 0 Å². The van der Waals surface area contributed by atoms with Gasteiger partial charge in [-0.1, -0.05) is 30.3 Å². The highest BCUT2D eigenvalue weighted by Gasteiger charge is 2.41. The molecule has 0 saturated heterocycles. The number of ether oxygens (including phenoxy) is 3. The van der Waals surface area contributed by atoms with Crippen LogP contribution in [0.25, 0.3) is 5.70 Å². The minimum absolute atomic E-state index is 0.250. The molecule has 1 aromatic heterocycles. The maximum atomic E-state index is 6.65. The first-order valence-corrected chi connectivity index (χ1v) is 11.6. The van der Waals surface area contributed by atoms with Crippen LogP contribution in [0.15, 0.2) is 83.1 Å². The van der Waals surface area contributed by atoms with E-state index in [-0.39, 0.29) is 12.1 Å². The fourth-order valence-corrected chi connectivity index (χ4v) is 5.23. The standard InChI is InChI=1S/C26H21BrN4O3/c1-32-17-7-5-6-16(12-17)25-22-23(18-8-3-4-9-20(18)34-25)30-26-28-14-29-31(26)24(22)15-10-11-21(33-2)19(27)13-15/h3-14,24-25H,1-2H3,(H,28,29,30)/t24-,25-/m1/s1. The van der Waals surface area contributed by atoms with Gasteiger partial charge in [-0.15, -0.1) is 0 Å². The number of halogens is 1. The van der Waals surface area contributed by atoms with Crippen LogP contribution in [0.5, 0.6) is 17.2 Å². The summed E-state index contributed by atoms with van der Waals surface area (Å²) in [4.78, 5) is 4.49. The van der Waals surface area contributed by atoms with E-state index >= 15 is 0 Å². The fourth-order valence-electron chi connectivity index (χ4n) is 4.67. The van der Waals surface area contributed by atoms with Crippen molar-refractivity contribution in [1.82, 2.24) is 14.8 Å². The Morgan fingerprint density at radius 1 is 0.971 bits per heavy atom. The molecule has 34 heavy (non-hydrogen) atoms. The Labute approximate surface area is 205 Å². The summed E-state index contributed by atoms with van der Waals surface area (Å²) in [6, 6.07) is 21.9. The van der Waals surface area contributed by atoms with E-state index < -0.39 is 0 Å². The average Bonchev–Trinajstić information content (AvgIpc) is 3.35. The van der Waals surface area contributed by atoms with E-state index in [1.54, 1.807) is 20.5 Å². The number of anilines is 1. The SMILES string of the molecule is COc1cccc([C@H]2Oc3ccccc3C3=C2[C@@H](c2ccc(OC)c(Br)c2)n2ncnc2N3)c1. The highest BCUT2D eigenvalue weighted by molar-refractivity contribution is 9.10. The normalized spacial score (nSPS) is 18.2. The number of nitrogens with zero attached hydrogens (tertiary/aromatic N) is 3. The lowest BCUT2D eigenvalue weighted by Crippen LogP contribution is -2.32. The predicted octanol–water partition coefficient (Wildman–Crippen LogP) is 5.62. The first kappa shape index (κ1) is 20.8. The molecule has 170 valence electrons. The second-order valence-corrected chi connectivity index (χ2v) is 8.91. The van der Waals surface area contributed by atoms with Crippen LogP contribution < -0.4 is 19.5 Å². The lowest BCUT2D eigenvalue weighted by molar-refractivity contribution is 0.222. The van der Waals surface area contributed by atoms with Crippen molar-refractivity contribution in [2.45, 2.75) is 12.1 Å². The zero-order valence-corrected chi connectivity index (χ0v) is 20.1. The van der Waals surface area contributed by atoms with Gasteiger partial charge in [-0.05, 0) is 57.9 Å². The molecule has 0 saturated carbocycles. The van der Waals surface area contributed by atoms with Crippen LogP contribution >= 0.6 is 15.9 Å². The first-order chi connectivity index (χ1) is 16.7. The zero-order valence-electron chi connectivity index (χ0n) is 18.5. The number of benzene rings is 3. The van der Waals surface area contributed by atoms with Crippen molar-refractivity contribution >= 4 is 27.6 Å². The van der Waals surface area contributed by atoms with Crippen LogP contribution in [0.2, 0.25) is 0 Å². The molecule has 1 N–H and O–H groups in total. The van der Waals surface area contributed by atoms with Gasteiger partial charge in [0.2, 0.25) is 5.95 Å². The smallest absolute Gasteiger partial charge is 0.226 e. The molecular formula is C26H21BrN4O3. The van der Waals surface area contributed by atoms with Crippen molar-refractivity contribution in [3.8, 4) is 17.2 Å². The average molecular weight is 517 g/mol. The molecule has 7 nitrogen and oxygen atoms in total. The van der Waals surface area contributed by atoms with Gasteiger partial charge in [0.05, 0.1) is 24.4 Å². The third-order valence-electron chi connectivity index (χ3n) is 6.21. The molecule has 0 spiro atoms. The zero-order chi connectivity index (χ0) is 23.2. The molecule has 0 amide bonds. The third kappa shape index (κ3) is 3.25. The van der Waals surface area contributed by atoms with Gasteiger partial charge in [-0.25, -0.2) is 4.68 Å². The number of rotatable bonds is 4. The van der Waals surface area contributed by atoms with E-state index in [4.69, 9.17) is 14.2 Å². The van der Waals surface area contributed by atoms with Gasteiger partial charge in [0.25, 0.3) is 0 Å². The second-order valence-electron chi connectivity index (χ2n) is 8.05. The topological polar surface area (TPSA) is 70.4 Å². The lowest BCUT2D eigenvalue weighted by atomic mass is 9.84. The van der Waals surface area contributed by atoms with Gasteiger partial charge in [0.15, 0.2) is 0 Å². The molecule has 3 aromatic carbocycles. The third-order valence-corrected chi connectivity index (χ3v) is 6.83. The lowest BCUT2D eigenvalue weighted by Gasteiger charge is -2.39. The number of fused-ring (bicyclic) bond motifs is 3. The van der Waals surface area contributed by atoms with Crippen LogP contribution in [0.3, 0.4) is 0 Å². The van der Waals surface area contributed by atoms with Crippen molar-refractivity contribution in [1.29, 1.82) is 0 Å². The van der Waals surface area contributed by atoms with E-state index in [1.165, 1.54) is 0 Å². The summed E-state index contributed by atoms with van der Waals surface area (Å²) in [5.74, 6) is 3.03. The van der Waals surface area contributed by atoms with Gasteiger partial charge in [0, 0.05) is 16.7 Å². The Bertz CT molecular complexity index is 1430. The van der Waals surface area contributed by atoms with Crippen LogP contribution in [0.1, 0.15) is 28.8 Å². The highest BCUT2D eigenvalue weighted by Crippen LogP contribution is 2.51. The largest absolute Gasteiger partial charge is 0.497 e. The maximum absolute atomic E-state index is 6.65. The number of para-hydroxylation sites is 1. The molecule has 0 aliphatic carbocycles. The van der Waals surface area contributed by atoms with Gasteiger partial charge in [0.1, 0.15) is 35.7 Å². The Morgan fingerprint density at radius 2 is 1.85 bits per heavy atom. The summed E-state index contributed by atoms with van der Waals surface area (Å²) >= 11 is 3.65. The van der Waals surface area contributed by atoms with Crippen molar-refractivity contribution in [3.05, 3.63) is 99.8 Å².